The van der Waals surface area contributed by atoms with E-state index in [1.54, 1.807) is 12.7 Å². The zero-order valence-electron chi connectivity index (χ0n) is 17.0. The molecule has 1 saturated heterocycles. The first-order valence-corrected chi connectivity index (χ1v) is 10.3. The van der Waals surface area contributed by atoms with Crippen molar-refractivity contribution in [3.05, 3.63) is 66.5 Å². The molecule has 30 heavy (non-hydrogen) atoms. The Kier molecular flexibility index (Phi) is 4.67. The van der Waals surface area contributed by atoms with Crippen LogP contribution in [0.4, 0.5) is 5.82 Å². The van der Waals surface area contributed by atoms with Crippen LogP contribution in [0.2, 0.25) is 0 Å². The molecule has 5 rings (SSSR count). The number of anilines is 1. The lowest BCUT2D eigenvalue weighted by molar-refractivity contribution is 0.338. The molecule has 4 heterocycles. The number of aromatic nitrogens is 5. The van der Waals surface area contributed by atoms with Crippen LogP contribution in [-0.2, 0) is 5.41 Å². The molecule has 1 aromatic carbocycles. The van der Waals surface area contributed by atoms with E-state index in [4.69, 9.17) is 5.73 Å². The van der Waals surface area contributed by atoms with E-state index in [-0.39, 0.29) is 5.41 Å². The summed E-state index contributed by atoms with van der Waals surface area (Å²) in [6.45, 7) is 4.44. The van der Waals surface area contributed by atoms with Crippen molar-refractivity contribution in [3.8, 4) is 11.1 Å². The number of benzene rings is 1. The summed E-state index contributed by atoms with van der Waals surface area (Å²) in [7, 11) is 0. The Balaban J connectivity index is 1.42. The van der Waals surface area contributed by atoms with Crippen molar-refractivity contribution in [1.82, 2.24) is 24.9 Å². The summed E-state index contributed by atoms with van der Waals surface area (Å²) >= 11 is 0. The molecular formula is C23H25N7. The largest absolute Gasteiger partial charge is 0.355 e. The van der Waals surface area contributed by atoms with Crippen molar-refractivity contribution < 1.29 is 0 Å². The molecular weight excluding hydrogens is 374 g/mol. The lowest BCUT2D eigenvalue weighted by Gasteiger charge is -2.42. The minimum Gasteiger partial charge on any atom is -0.355 e. The zero-order valence-corrected chi connectivity index (χ0v) is 17.0. The average molecular weight is 400 g/mol. The summed E-state index contributed by atoms with van der Waals surface area (Å²) in [4.78, 5) is 23.1. The maximum Gasteiger partial charge on any atom is 0.162 e. The molecule has 0 atom stereocenters. The number of rotatable bonds is 4. The van der Waals surface area contributed by atoms with Crippen LogP contribution in [0.25, 0.3) is 22.3 Å². The van der Waals surface area contributed by atoms with Crippen LogP contribution in [0.15, 0.2) is 55.4 Å². The minimum atomic E-state index is -0.0823. The molecule has 0 aliphatic carbocycles. The van der Waals surface area contributed by atoms with Crippen molar-refractivity contribution in [2.24, 2.45) is 5.73 Å². The van der Waals surface area contributed by atoms with E-state index in [9.17, 15) is 0 Å². The van der Waals surface area contributed by atoms with Gasteiger partial charge in [0.2, 0.25) is 0 Å². The van der Waals surface area contributed by atoms with E-state index in [0.29, 0.717) is 6.54 Å². The molecule has 0 radical (unpaired) electrons. The van der Waals surface area contributed by atoms with Gasteiger partial charge in [0, 0.05) is 43.0 Å². The van der Waals surface area contributed by atoms with Crippen LogP contribution in [0.3, 0.4) is 0 Å². The van der Waals surface area contributed by atoms with Gasteiger partial charge in [0.15, 0.2) is 11.5 Å². The average Bonchev–Trinajstić information content (AvgIpc) is 3.28. The third kappa shape index (κ3) is 3.21. The normalized spacial score (nSPS) is 16.1. The summed E-state index contributed by atoms with van der Waals surface area (Å²) in [5, 5.41) is 0. The summed E-state index contributed by atoms with van der Waals surface area (Å²) in [5.41, 5.74) is 12.7. The van der Waals surface area contributed by atoms with Crippen molar-refractivity contribution in [3.63, 3.8) is 0 Å². The molecule has 0 unspecified atom stereocenters. The Morgan fingerprint density at radius 2 is 1.93 bits per heavy atom. The van der Waals surface area contributed by atoms with Crippen LogP contribution >= 0.6 is 0 Å². The zero-order chi connectivity index (χ0) is 20.6. The van der Waals surface area contributed by atoms with Gasteiger partial charge in [0.05, 0.1) is 6.33 Å². The number of piperidine rings is 1. The minimum absolute atomic E-state index is 0.0823. The van der Waals surface area contributed by atoms with Gasteiger partial charge in [-0.05, 0) is 37.0 Å². The fraction of sp³-hybridized carbons (Fsp3) is 0.304. The predicted octanol–water partition coefficient (Wildman–Crippen LogP) is 3.22. The number of fused-ring (bicyclic) bond motifs is 1. The van der Waals surface area contributed by atoms with Gasteiger partial charge < -0.3 is 15.6 Å². The van der Waals surface area contributed by atoms with E-state index < -0.39 is 0 Å². The summed E-state index contributed by atoms with van der Waals surface area (Å²) < 4.78 is 0. The number of aromatic amines is 1. The Labute approximate surface area is 175 Å². The molecule has 7 heteroatoms. The maximum absolute atomic E-state index is 6.35. The van der Waals surface area contributed by atoms with Gasteiger partial charge in [0.1, 0.15) is 11.8 Å². The Hall–Kier alpha value is -3.32. The third-order valence-corrected chi connectivity index (χ3v) is 6.31. The first-order valence-electron chi connectivity index (χ1n) is 10.3. The molecule has 0 saturated carbocycles. The fourth-order valence-electron chi connectivity index (χ4n) is 4.45. The first kappa shape index (κ1) is 18.7. The van der Waals surface area contributed by atoms with Gasteiger partial charge in [-0.25, -0.2) is 15.0 Å². The number of nitrogens with zero attached hydrogens (tertiary/aromatic N) is 5. The smallest absolute Gasteiger partial charge is 0.162 e. The SMILES string of the molecule is Cc1cccc(-c2cncc(C3(CN)CCN(c4ncnc5[nH]cnc45)CC3)c2)c1. The van der Waals surface area contributed by atoms with Gasteiger partial charge >= 0.3 is 0 Å². The highest BCUT2D eigenvalue weighted by Gasteiger charge is 2.36. The van der Waals surface area contributed by atoms with E-state index in [2.05, 4.69) is 67.1 Å². The quantitative estimate of drug-likeness (QED) is 0.547. The molecule has 0 bridgehead atoms. The standard InChI is InChI=1S/C23H25N7/c1-16-3-2-4-17(9-16)18-10-19(12-25-11-18)23(13-24)5-7-30(8-6-23)22-20-21(27-14-26-20)28-15-29-22/h2-4,9-12,14-15H,5-8,13,24H2,1H3,(H,26,27,28,29). The molecule has 1 aliphatic heterocycles. The summed E-state index contributed by atoms with van der Waals surface area (Å²) in [5.74, 6) is 0.888. The van der Waals surface area contributed by atoms with Gasteiger partial charge in [-0.2, -0.15) is 0 Å². The number of hydrogen-bond acceptors (Lipinski definition) is 6. The molecule has 0 amide bonds. The molecule has 7 nitrogen and oxygen atoms in total. The Morgan fingerprint density at radius 3 is 2.73 bits per heavy atom. The van der Waals surface area contributed by atoms with Gasteiger partial charge in [-0.15, -0.1) is 0 Å². The van der Waals surface area contributed by atoms with Crippen molar-refractivity contribution in [2.45, 2.75) is 25.2 Å². The predicted molar refractivity (Wildman–Crippen MR) is 118 cm³/mol. The molecule has 3 N–H and O–H groups in total. The second-order valence-corrected chi connectivity index (χ2v) is 8.10. The van der Waals surface area contributed by atoms with Crippen LogP contribution < -0.4 is 10.6 Å². The summed E-state index contributed by atoms with van der Waals surface area (Å²) in [6, 6.07) is 10.8. The molecule has 152 valence electrons. The van der Waals surface area contributed by atoms with Crippen molar-refractivity contribution in [1.29, 1.82) is 0 Å². The molecule has 3 aromatic heterocycles. The van der Waals surface area contributed by atoms with Gasteiger partial charge in [-0.1, -0.05) is 29.8 Å². The third-order valence-electron chi connectivity index (χ3n) is 6.31. The molecule has 4 aromatic rings. The van der Waals surface area contributed by atoms with Crippen molar-refractivity contribution in [2.75, 3.05) is 24.5 Å². The number of H-pyrrole nitrogens is 1. The van der Waals surface area contributed by atoms with Gasteiger partial charge in [0.25, 0.3) is 0 Å². The van der Waals surface area contributed by atoms with E-state index in [1.165, 1.54) is 16.7 Å². The highest BCUT2D eigenvalue weighted by Crippen LogP contribution is 2.37. The van der Waals surface area contributed by atoms with Crippen LogP contribution in [0.1, 0.15) is 24.0 Å². The second-order valence-electron chi connectivity index (χ2n) is 8.10. The van der Waals surface area contributed by atoms with Crippen molar-refractivity contribution >= 4 is 17.0 Å². The number of aryl methyl sites for hydroxylation is 1. The molecule has 0 spiro atoms. The lowest BCUT2D eigenvalue weighted by Crippen LogP contribution is -2.47. The maximum atomic E-state index is 6.35. The monoisotopic (exact) mass is 399 g/mol. The topological polar surface area (TPSA) is 96.6 Å². The Morgan fingerprint density at radius 1 is 1.07 bits per heavy atom. The molecule has 1 aliphatic rings. The van der Waals surface area contributed by atoms with Crippen LogP contribution in [-0.4, -0.2) is 44.6 Å². The lowest BCUT2D eigenvalue weighted by atomic mass is 9.73. The highest BCUT2D eigenvalue weighted by atomic mass is 15.2. The fourth-order valence-corrected chi connectivity index (χ4v) is 4.45. The summed E-state index contributed by atoms with van der Waals surface area (Å²) in [6.07, 6.45) is 9.07. The second kappa shape index (κ2) is 7.50. The van der Waals surface area contributed by atoms with Crippen LogP contribution in [0, 0.1) is 6.92 Å². The number of pyridine rings is 1. The van der Waals surface area contributed by atoms with E-state index in [0.717, 1.165) is 48.5 Å². The Bertz CT molecular complexity index is 1170. The highest BCUT2D eigenvalue weighted by molar-refractivity contribution is 5.82. The number of nitrogens with one attached hydrogen (secondary N) is 1. The van der Waals surface area contributed by atoms with E-state index in [1.807, 2.05) is 12.4 Å². The van der Waals surface area contributed by atoms with Crippen LogP contribution in [0.5, 0.6) is 0 Å². The molecule has 1 fully saturated rings. The number of nitrogens with two attached hydrogens (primary N) is 1. The number of hydrogen-bond donors (Lipinski definition) is 2. The van der Waals surface area contributed by atoms with Gasteiger partial charge in [-0.3, -0.25) is 4.98 Å². The first-order chi connectivity index (χ1) is 14.7. The van der Waals surface area contributed by atoms with E-state index >= 15 is 0 Å². The number of imidazole rings is 1.